The predicted octanol–water partition coefficient (Wildman–Crippen LogP) is 4.00. The molecule has 2 saturated heterocycles. The molecule has 3 aliphatic rings. The molecule has 2 fully saturated rings. The van der Waals surface area contributed by atoms with Gasteiger partial charge in [-0.1, -0.05) is 42.5 Å². The number of hydrogen-bond acceptors (Lipinski definition) is 7. The van der Waals surface area contributed by atoms with E-state index in [9.17, 15) is 14.7 Å². The van der Waals surface area contributed by atoms with Crippen LogP contribution >= 0.6 is 0 Å². The van der Waals surface area contributed by atoms with Crippen molar-refractivity contribution in [2.24, 2.45) is 11.8 Å². The van der Waals surface area contributed by atoms with Crippen molar-refractivity contribution in [3.63, 3.8) is 0 Å². The Hall–Kier alpha value is -3.83. The first kappa shape index (κ1) is 28.3. The minimum Gasteiger partial charge on any atom is -0.447 e. The van der Waals surface area contributed by atoms with Crippen LogP contribution < -0.4 is 9.80 Å². The molecule has 42 heavy (non-hydrogen) atoms. The van der Waals surface area contributed by atoms with Gasteiger partial charge in [0.2, 0.25) is 0 Å². The number of para-hydroxylation sites is 1. The number of anilines is 2. The minimum atomic E-state index is -1.61. The third-order valence-electron chi connectivity index (χ3n) is 8.79. The number of aliphatic hydroxyl groups excluding tert-OH is 1. The normalized spacial score (nSPS) is 25.5. The fraction of sp³-hybridized carbons (Fsp3) is 0.484. The van der Waals surface area contributed by atoms with E-state index in [1.165, 1.54) is 0 Å². The van der Waals surface area contributed by atoms with Gasteiger partial charge in [0.15, 0.2) is 5.60 Å². The molecular formula is C31H36FN5O5. The highest BCUT2D eigenvalue weighted by molar-refractivity contribution is 6.07. The van der Waals surface area contributed by atoms with E-state index >= 15 is 4.39 Å². The summed E-state index contributed by atoms with van der Waals surface area (Å²) in [4.78, 5) is 29.9. The number of fused-ring (bicyclic) bond motifs is 2. The molecule has 2 aromatic carbocycles. The van der Waals surface area contributed by atoms with Gasteiger partial charge in [0.1, 0.15) is 12.3 Å². The summed E-state index contributed by atoms with van der Waals surface area (Å²) in [6.45, 7) is 6.52. The lowest BCUT2D eigenvalue weighted by Crippen LogP contribution is -2.45. The predicted molar refractivity (Wildman–Crippen MR) is 153 cm³/mol. The lowest BCUT2D eigenvalue weighted by atomic mass is 9.71. The molecule has 0 saturated carbocycles. The number of carbonyl (C=O) groups excluding carboxylic acids is 2. The van der Waals surface area contributed by atoms with Gasteiger partial charge >= 0.3 is 6.09 Å². The standard InChI is InChI=1S/C31H36FN5O5/c1-20-27(30(2,3)32)26(11-13-35-19-22(12-15-38)33-34-35)42-31(20)24-9-4-5-10-25(24)37(28(31)39)18-21-7-6-8-23(17-21)36-14-16-41-29(36)40/h4-10,17,19-20,26-27,38H,11-16,18H2,1-3H3/t20-,26+,27-,31+/m0/s1. The second-order valence-corrected chi connectivity index (χ2v) is 11.9. The van der Waals surface area contributed by atoms with Crippen LogP contribution in [0.25, 0.3) is 0 Å². The third-order valence-corrected chi connectivity index (χ3v) is 8.79. The van der Waals surface area contributed by atoms with E-state index in [-0.39, 0.29) is 25.2 Å². The van der Waals surface area contributed by atoms with E-state index in [0.717, 1.165) is 16.8 Å². The van der Waals surface area contributed by atoms with Crippen LogP contribution in [-0.4, -0.2) is 63.6 Å². The summed E-state index contributed by atoms with van der Waals surface area (Å²) >= 11 is 0. The molecule has 4 atom stereocenters. The summed E-state index contributed by atoms with van der Waals surface area (Å²) in [5.74, 6) is -1.23. The van der Waals surface area contributed by atoms with Crippen LogP contribution in [0.1, 0.15) is 44.0 Å². The Morgan fingerprint density at radius 2 is 1.98 bits per heavy atom. The van der Waals surface area contributed by atoms with Crippen molar-refractivity contribution >= 4 is 23.4 Å². The Labute approximate surface area is 244 Å². The molecule has 3 aliphatic heterocycles. The largest absolute Gasteiger partial charge is 0.447 e. The molecule has 3 aromatic rings. The second-order valence-electron chi connectivity index (χ2n) is 11.9. The number of aryl methyl sites for hydroxylation is 1. The second kappa shape index (κ2) is 10.8. The first-order chi connectivity index (χ1) is 20.1. The van der Waals surface area contributed by atoms with Crippen LogP contribution in [0, 0.1) is 11.8 Å². The molecule has 1 spiro atoms. The molecule has 6 rings (SSSR count). The number of hydrogen-bond donors (Lipinski definition) is 1. The number of benzene rings is 2. The van der Waals surface area contributed by atoms with Gasteiger partial charge in [-0.15, -0.1) is 5.10 Å². The van der Waals surface area contributed by atoms with Crippen LogP contribution in [0.5, 0.6) is 0 Å². The van der Waals surface area contributed by atoms with Gasteiger partial charge in [-0.05, 0) is 44.0 Å². The molecule has 0 aliphatic carbocycles. The maximum absolute atomic E-state index is 15.9. The van der Waals surface area contributed by atoms with Crippen molar-refractivity contribution in [2.45, 2.75) is 64.1 Å². The highest BCUT2D eigenvalue weighted by Gasteiger charge is 2.66. The van der Waals surface area contributed by atoms with E-state index in [1.807, 2.05) is 55.5 Å². The zero-order valence-corrected chi connectivity index (χ0v) is 24.1. The molecule has 0 radical (unpaired) electrons. The number of cyclic esters (lactones) is 1. The minimum absolute atomic E-state index is 0.0182. The zero-order valence-electron chi connectivity index (χ0n) is 24.1. The molecular weight excluding hydrogens is 541 g/mol. The van der Waals surface area contributed by atoms with E-state index in [0.29, 0.717) is 43.9 Å². The number of alkyl halides is 1. The SMILES string of the molecule is C[C@H]1[C@H](C(C)(C)F)[C@@H](CCn2cc(CCO)nn2)O[C@]12C(=O)N(Cc1cccc(N3CCOC3=O)c1)c1ccccc12. The highest BCUT2D eigenvalue weighted by atomic mass is 19.1. The number of aliphatic hydroxyl groups is 1. The molecule has 1 N–H and O–H groups in total. The summed E-state index contributed by atoms with van der Waals surface area (Å²) in [5.41, 5.74) is 0.769. The molecule has 2 amide bonds. The molecule has 1 aromatic heterocycles. The molecule has 0 unspecified atom stereocenters. The molecule has 222 valence electrons. The van der Waals surface area contributed by atoms with Gasteiger partial charge in [0.25, 0.3) is 5.91 Å². The Balaban J connectivity index is 1.30. The number of aromatic nitrogens is 3. The number of nitrogens with zero attached hydrogens (tertiary/aromatic N) is 5. The number of rotatable bonds is 9. The number of halogens is 1. The number of carbonyl (C=O) groups is 2. The smallest absolute Gasteiger partial charge is 0.414 e. The Morgan fingerprint density at radius 3 is 2.71 bits per heavy atom. The maximum Gasteiger partial charge on any atom is 0.414 e. The Morgan fingerprint density at radius 1 is 1.17 bits per heavy atom. The first-order valence-corrected chi connectivity index (χ1v) is 14.4. The van der Waals surface area contributed by atoms with Gasteiger partial charge < -0.3 is 19.5 Å². The van der Waals surface area contributed by atoms with Crippen LogP contribution in [0.15, 0.2) is 54.7 Å². The summed E-state index contributed by atoms with van der Waals surface area (Å²) in [6.07, 6.45) is 1.69. The van der Waals surface area contributed by atoms with Gasteiger partial charge in [0.05, 0.1) is 30.6 Å². The third kappa shape index (κ3) is 4.74. The van der Waals surface area contributed by atoms with E-state index in [1.54, 1.807) is 34.5 Å². The van der Waals surface area contributed by atoms with Crippen LogP contribution in [0.3, 0.4) is 0 Å². The van der Waals surface area contributed by atoms with Crippen molar-refractivity contribution in [1.82, 2.24) is 15.0 Å². The van der Waals surface area contributed by atoms with Crippen molar-refractivity contribution in [1.29, 1.82) is 0 Å². The maximum atomic E-state index is 15.9. The summed E-state index contributed by atoms with van der Waals surface area (Å²) in [6, 6.07) is 15.1. The summed E-state index contributed by atoms with van der Waals surface area (Å²) in [7, 11) is 0. The average Bonchev–Trinajstić information content (AvgIpc) is 3.71. The topological polar surface area (TPSA) is 110 Å². The van der Waals surface area contributed by atoms with Crippen molar-refractivity contribution in [3.8, 4) is 0 Å². The highest BCUT2D eigenvalue weighted by Crippen LogP contribution is 2.58. The molecule has 0 bridgehead atoms. The zero-order chi connectivity index (χ0) is 29.6. The van der Waals surface area contributed by atoms with Gasteiger partial charge in [0, 0.05) is 48.9 Å². The molecule has 10 nitrogen and oxygen atoms in total. The van der Waals surface area contributed by atoms with Gasteiger partial charge in [-0.25, -0.2) is 9.18 Å². The van der Waals surface area contributed by atoms with Crippen molar-refractivity contribution < 1.29 is 28.6 Å². The van der Waals surface area contributed by atoms with E-state index in [4.69, 9.17) is 9.47 Å². The lowest BCUT2D eigenvalue weighted by molar-refractivity contribution is -0.146. The summed E-state index contributed by atoms with van der Waals surface area (Å²) in [5, 5.41) is 17.4. The monoisotopic (exact) mass is 577 g/mol. The van der Waals surface area contributed by atoms with Crippen molar-refractivity contribution in [2.75, 3.05) is 29.6 Å². The number of amides is 2. The first-order valence-electron chi connectivity index (χ1n) is 14.4. The lowest BCUT2D eigenvalue weighted by Gasteiger charge is -2.32. The van der Waals surface area contributed by atoms with Crippen LogP contribution in [0.4, 0.5) is 20.6 Å². The van der Waals surface area contributed by atoms with Crippen LogP contribution in [0.2, 0.25) is 0 Å². The van der Waals surface area contributed by atoms with Crippen LogP contribution in [-0.2, 0) is 39.4 Å². The molecule has 11 heteroatoms. The fourth-order valence-corrected chi connectivity index (χ4v) is 7.00. The Kier molecular flexibility index (Phi) is 7.26. The quantitative estimate of drug-likeness (QED) is 0.409. The average molecular weight is 578 g/mol. The van der Waals surface area contributed by atoms with Gasteiger partial charge in [-0.2, -0.15) is 0 Å². The van der Waals surface area contributed by atoms with E-state index in [2.05, 4.69) is 10.3 Å². The Bertz CT molecular complexity index is 1490. The summed E-state index contributed by atoms with van der Waals surface area (Å²) < 4.78 is 29.5. The van der Waals surface area contributed by atoms with E-state index < -0.39 is 29.2 Å². The van der Waals surface area contributed by atoms with Crippen molar-refractivity contribution in [3.05, 3.63) is 71.5 Å². The van der Waals surface area contributed by atoms with Gasteiger partial charge in [-0.3, -0.25) is 14.4 Å². The fourth-order valence-electron chi connectivity index (χ4n) is 7.00. The molecule has 4 heterocycles. The number of ether oxygens (including phenoxy) is 2.